The van der Waals surface area contributed by atoms with E-state index in [9.17, 15) is 14.4 Å². The number of benzene rings is 1. The van der Waals surface area contributed by atoms with E-state index in [1.807, 2.05) is 52.0 Å². The Bertz CT molecular complexity index is 1220. The zero-order valence-corrected chi connectivity index (χ0v) is 24.0. The Labute approximate surface area is 237 Å². The van der Waals surface area contributed by atoms with Gasteiger partial charge in [0.2, 0.25) is 11.8 Å². The van der Waals surface area contributed by atoms with Crippen LogP contribution in [0.4, 0.5) is 5.69 Å². The normalized spacial score (nSPS) is 22.7. The number of aldehydes is 1. The molecule has 8 heteroatoms. The molecule has 1 aromatic carbocycles. The molecule has 3 atom stereocenters. The van der Waals surface area contributed by atoms with Crippen molar-refractivity contribution in [2.45, 2.75) is 63.8 Å². The number of pyridine rings is 1. The Morgan fingerprint density at radius 3 is 2.88 bits per heavy atom. The van der Waals surface area contributed by atoms with E-state index >= 15 is 0 Å². The summed E-state index contributed by atoms with van der Waals surface area (Å²) in [6, 6.07) is 10.1. The summed E-state index contributed by atoms with van der Waals surface area (Å²) < 4.78 is 7.68. The number of aromatic nitrogens is 1. The van der Waals surface area contributed by atoms with Gasteiger partial charge in [-0.3, -0.25) is 14.5 Å². The lowest BCUT2D eigenvalue weighted by Gasteiger charge is -2.32. The predicted octanol–water partition coefficient (Wildman–Crippen LogP) is 3.26. The van der Waals surface area contributed by atoms with Crippen LogP contribution in [0.1, 0.15) is 62.5 Å². The number of likely N-dealkylation sites (tertiary alicyclic amines) is 2. The van der Waals surface area contributed by atoms with E-state index in [-0.39, 0.29) is 36.2 Å². The van der Waals surface area contributed by atoms with Crippen molar-refractivity contribution in [1.29, 1.82) is 0 Å². The first kappa shape index (κ1) is 28.3. The van der Waals surface area contributed by atoms with Gasteiger partial charge in [-0.05, 0) is 48.9 Å². The van der Waals surface area contributed by atoms with Gasteiger partial charge in [-0.1, -0.05) is 25.5 Å². The quantitative estimate of drug-likeness (QED) is 0.319. The van der Waals surface area contributed by atoms with E-state index in [1.54, 1.807) is 0 Å². The van der Waals surface area contributed by atoms with E-state index in [0.29, 0.717) is 39.1 Å². The SMILES string of the molecule is CCCCN(C(=O)CN1C[C@H](c2ccc3c(c2)CCO3)[C@@H](C=O)[C@@H]1CCN1CCCCC1=O)c1ccc[n+](C)c1. The smallest absolute Gasteiger partial charge is 0.241 e. The molecule has 40 heavy (non-hydrogen) atoms. The Hall–Kier alpha value is -3.26. The molecule has 5 rings (SSSR count). The minimum absolute atomic E-state index is 0.00289. The molecule has 0 aliphatic carbocycles. The molecular weight excluding hydrogens is 504 g/mol. The maximum absolute atomic E-state index is 13.9. The first-order valence-corrected chi connectivity index (χ1v) is 15.0. The van der Waals surface area contributed by atoms with Crippen molar-refractivity contribution in [3.05, 3.63) is 53.9 Å². The molecule has 2 saturated heterocycles. The molecule has 3 aliphatic rings. The van der Waals surface area contributed by atoms with Gasteiger partial charge in [0.05, 0.1) is 13.2 Å². The molecule has 8 nitrogen and oxygen atoms in total. The van der Waals surface area contributed by atoms with Gasteiger partial charge in [-0.15, -0.1) is 0 Å². The van der Waals surface area contributed by atoms with Crippen molar-refractivity contribution in [1.82, 2.24) is 9.80 Å². The first-order valence-electron chi connectivity index (χ1n) is 15.0. The van der Waals surface area contributed by atoms with Crippen molar-refractivity contribution >= 4 is 23.8 Å². The molecule has 0 saturated carbocycles. The van der Waals surface area contributed by atoms with Gasteiger partial charge in [0, 0.05) is 63.0 Å². The maximum Gasteiger partial charge on any atom is 0.241 e. The van der Waals surface area contributed by atoms with E-state index in [0.717, 1.165) is 61.9 Å². The van der Waals surface area contributed by atoms with Crippen LogP contribution < -0.4 is 14.2 Å². The van der Waals surface area contributed by atoms with Gasteiger partial charge in [-0.25, -0.2) is 4.57 Å². The summed E-state index contributed by atoms with van der Waals surface area (Å²) in [6.07, 6.45) is 11.1. The summed E-state index contributed by atoms with van der Waals surface area (Å²) in [5, 5.41) is 0. The number of unbranched alkanes of at least 4 members (excludes halogenated alkanes) is 1. The highest BCUT2D eigenvalue weighted by molar-refractivity contribution is 5.94. The summed E-state index contributed by atoms with van der Waals surface area (Å²) in [5.41, 5.74) is 3.21. The Kier molecular flexibility index (Phi) is 9.15. The van der Waals surface area contributed by atoms with Crippen LogP contribution in [0.15, 0.2) is 42.7 Å². The maximum atomic E-state index is 13.9. The van der Waals surface area contributed by atoms with Crippen LogP contribution in [0.25, 0.3) is 0 Å². The van der Waals surface area contributed by atoms with Crippen LogP contribution in [0, 0.1) is 5.92 Å². The number of hydrogen-bond donors (Lipinski definition) is 0. The number of carbonyl (C=O) groups is 3. The predicted molar refractivity (Wildman–Crippen MR) is 153 cm³/mol. The Morgan fingerprint density at radius 1 is 1.23 bits per heavy atom. The van der Waals surface area contributed by atoms with Crippen LogP contribution in [0.3, 0.4) is 0 Å². The summed E-state index contributed by atoms with van der Waals surface area (Å²) >= 11 is 0. The van der Waals surface area contributed by atoms with Gasteiger partial charge in [0.1, 0.15) is 24.8 Å². The van der Waals surface area contributed by atoms with Crippen LogP contribution in [0.2, 0.25) is 0 Å². The number of nitrogens with zero attached hydrogens (tertiary/aromatic N) is 4. The van der Waals surface area contributed by atoms with Crippen LogP contribution in [-0.2, 0) is 27.9 Å². The summed E-state index contributed by atoms with van der Waals surface area (Å²) in [6.45, 7) is 5.77. The van der Waals surface area contributed by atoms with Crippen molar-refractivity contribution in [2.24, 2.45) is 13.0 Å². The molecule has 1 aromatic heterocycles. The van der Waals surface area contributed by atoms with Crippen molar-refractivity contribution < 1.29 is 23.7 Å². The summed E-state index contributed by atoms with van der Waals surface area (Å²) in [4.78, 5) is 45.2. The number of hydrogen-bond acceptors (Lipinski definition) is 5. The van der Waals surface area contributed by atoms with Gasteiger partial charge in [-0.2, -0.15) is 0 Å². The Morgan fingerprint density at radius 2 is 2.10 bits per heavy atom. The minimum atomic E-state index is -0.244. The molecule has 3 aliphatic heterocycles. The van der Waals surface area contributed by atoms with Crippen LogP contribution in [-0.4, -0.2) is 73.3 Å². The number of ether oxygens (including phenoxy) is 1. The molecule has 2 aromatic rings. The van der Waals surface area contributed by atoms with Gasteiger partial charge < -0.3 is 19.3 Å². The lowest BCUT2D eigenvalue weighted by atomic mass is 9.84. The third-order valence-electron chi connectivity index (χ3n) is 8.83. The second kappa shape index (κ2) is 12.9. The number of carbonyl (C=O) groups excluding carboxylic acids is 3. The zero-order chi connectivity index (χ0) is 28.1. The molecule has 0 N–H and O–H groups in total. The fraction of sp³-hybridized carbons (Fsp3) is 0.562. The highest BCUT2D eigenvalue weighted by Gasteiger charge is 2.43. The molecular formula is C32H43N4O4+. The fourth-order valence-corrected chi connectivity index (χ4v) is 6.62. The second-order valence-corrected chi connectivity index (χ2v) is 11.5. The van der Waals surface area contributed by atoms with E-state index in [2.05, 4.69) is 24.0 Å². The van der Waals surface area contributed by atoms with Crippen molar-refractivity contribution in [3.8, 4) is 5.75 Å². The van der Waals surface area contributed by atoms with Crippen LogP contribution >= 0.6 is 0 Å². The second-order valence-electron chi connectivity index (χ2n) is 11.5. The van der Waals surface area contributed by atoms with Gasteiger partial charge >= 0.3 is 0 Å². The van der Waals surface area contributed by atoms with Gasteiger partial charge in [0.15, 0.2) is 12.4 Å². The molecule has 2 amide bonds. The average Bonchev–Trinajstić information content (AvgIpc) is 3.56. The van der Waals surface area contributed by atoms with E-state index in [1.165, 1.54) is 5.56 Å². The van der Waals surface area contributed by atoms with Crippen molar-refractivity contribution in [3.63, 3.8) is 0 Å². The topological polar surface area (TPSA) is 74.0 Å². The summed E-state index contributed by atoms with van der Waals surface area (Å²) in [7, 11) is 1.96. The molecule has 2 fully saturated rings. The number of rotatable bonds is 11. The molecule has 0 spiro atoms. The summed E-state index contributed by atoms with van der Waals surface area (Å²) in [5.74, 6) is 0.932. The number of aryl methyl sites for hydroxylation is 1. The standard InChI is InChI=1S/C32H43N4O4/c1-3-4-16-36(26-8-7-14-33(2)20-26)32(39)22-35-21-27(24-10-11-30-25(19-24)13-18-40-30)28(23-37)29(35)12-17-34-15-6-5-9-31(34)38/h7-8,10-11,14,19-20,23,27-29H,3-6,9,12-13,15-18,21-22H2,1-2H3/q+1/t27-,28-,29+/m1/s1. The molecule has 0 radical (unpaired) electrons. The third-order valence-corrected chi connectivity index (χ3v) is 8.83. The highest BCUT2D eigenvalue weighted by atomic mass is 16.5. The Balaban J connectivity index is 1.40. The third kappa shape index (κ3) is 6.22. The van der Waals surface area contributed by atoms with E-state index < -0.39 is 0 Å². The molecule has 214 valence electrons. The van der Waals surface area contributed by atoms with E-state index in [4.69, 9.17) is 4.74 Å². The lowest BCUT2D eigenvalue weighted by Crippen LogP contribution is -2.46. The van der Waals surface area contributed by atoms with Gasteiger partial charge in [0.25, 0.3) is 0 Å². The average molecular weight is 548 g/mol. The monoisotopic (exact) mass is 547 g/mol. The van der Waals surface area contributed by atoms with Crippen LogP contribution in [0.5, 0.6) is 5.75 Å². The zero-order valence-electron chi connectivity index (χ0n) is 24.0. The molecule has 4 heterocycles. The van der Waals surface area contributed by atoms with Crippen molar-refractivity contribution in [2.75, 3.05) is 44.2 Å². The number of piperidine rings is 1. The number of fused-ring (bicyclic) bond motifs is 1. The highest BCUT2D eigenvalue weighted by Crippen LogP contribution is 2.40. The minimum Gasteiger partial charge on any atom is -0.493 e. The fourth-order valence-electron chi connectivity index (χ4n) is 6.62. The molecule has 0 bridgehead atoms. The lowest BCUT2D eigenvalue weighted by molar-refractivity contribution is -0.670. The number of anilines is 1. The first-order chi connectivity index (χ1) is 19.5. The number of amides is 2. The largest absolute Gasteiger partial charge is 0.493 e. The molecule has 0 unspecified atom stereocenters.